The Morgan fingerprint density at radius 2 is 1.03 bits per heavy atom. The van der Waals surface area contributed by atoms with E-state index in [0.717, 1.165) is 19.3 Å². The summed E-state index contributed by atoms with van der Waals surface area (Å²) in [5, 5.41) is 18.8. The first-order chi connectivity index (χ1) is 16.9. The smallest absolute Gasteiger partial charge is 0.335 e. The van der Waals surface area contributed by atoms with Crippen molar-refractivity contribution in [3.05, 3.63) is 70.8 Å². The van der Waals surface area contributed by atoms with Gasteiger partial charge in [-0.3, -0.25) is 4.79 Å². The Hall–Kier alpha value is -2.95. The van der Waals surface area contributed by atoms with Crippen molar-refractivity contribution in [3.8, 4) is 0 Å². The summed E-state index contributed by atoms with van der Waals surface area (Å²) in [6.07, 6.45) is 15.0. The van der Waals surface area contributed by atoms with Gasteiger partial charge in [0.15, 0.2) is 0 Å². The van der Waals surface area contributed by atoms with E-state index in [2.05, 4.69) is 6.92 Å². The molecule has 0 amide bonds. The molecule has 2 aromatic carbocycles. The molecule has 2 aromatic rings. The Morgan fingerprint density at radius 1 is 0.629 bits per heavy atom. The Bertz CT molecular complexity index is 892. The van der Waals surface area contributed by atoms with Crippen LogP contribution in [-0.4, -0.2) is 27.9 Å². The van der Waals surface area contributed by atoms with Gasteiger partial charge in [0.05, 0.1) is 17.0 Å². The van der Waals surface area contributed by atoms with Crippen molar-refractivity contribution in [1.29, 1.82) is 0 Å². The second kappa shape index (κ2) is 15.9. The van der Waals surface area contributed by atoms with Crippen LogP contribution in [0.15, 0.2) is 48.5 Å². The zero-order valence-electron chi connectivity index (χ0n) is 21.0. The summed E-state index contributed by atoms with van der Waals surface area (Å²) in [6, 6.07) is 12.8. The highest BCUT2D eigenvalue weighted by molar-refractivity contribution is 5.93. The fraction of sp³-hybridized carbons (Fsp3) is 0.500. The molecule has 190 valence electrons. The van der Waals surface area contributed by atoms with E-state index >= 15 is 0 Å². The summed E-state index contributed by atoms with van der Waals surface area (Å²) in [4.78, 5) is 36.2. The number of rotatable bonds is 18. The molecule has 0 heterocycles. The Balaban J connectivity index is 1.91. The van der Waals surface area contributed by atoms with Gasteiger partial charge in [0.2, 0.25) is 0 Å². The fourth-order valence-corrected chi connectivity index (χ4v) is 4.55. The molecule has 2 rings (SSSR count). The first-order valence-corrected chi connectivity index (χ1v) is 13.1. The maximum atomic E-state index is 13.3. The van der Waals surface area contributed by atoms with Crippen molar-refractivity contribution in [3.63, 3.8) is 0 Å². The number of hydrogen-bond donors (Lipinski definition) is 2. The normalized spacial score (nSPS) is 11.0. The maximum absolute atomic E-state index is 13.3. The number of benzene rings is 2. The van der Waals surface area contributed by atoms with E-state index in [-0.39, 0.29) is 16.9 Å². The molecule has 0 aliphatic heterocycles. The van der Waals surface area contributed by atoms with Gasteiger partial charge in [0.25, 0.3) is 0 Å². The molecule has 5 heteroatoms. The summed E-state index contributed by atoms with van der Waals surface area (Å²) >= 11 is 0. The lowest BCUT2D eigenvalue weighted by Gasteiger charge is -2.18. The predicted molar refractivity (Wildman–Crippen MR) is 139 cm³/mol. The van der Waals surface area contributed by atoms with Gasteiger partial charge in [0, 0.05) is 6.42 Å². The number of unbranched alkanes of at least 4 members (excludes halogenated alkanes) is 11. The highest BCUT2D eigenvalue weighted by Gasteiger charge is 2.24. The highest BCUT2D eigenvalue weighted by atomic mass is 16.4. The Kier molecular flexibility index (Phi) is 12.8. The molecule has 0 radical (unpaired) electrons. The van der Waals surface area contributed by atoms with Gasteiger partial charge in [-0.2, -0.15) is 0 Å². The fourth-order valence-electron chi connectivity index (χ4n) is 4.55. The Labute approximate surface area is 209 Å². The molecule has 0 bridgehead atoms. The second-order valence-electron chi connectivity index (χ2n) is 9.40. The van der Waals surface area contributed by atoms with E-state index in [4.69, 9.17) is 0 Å². The third-order valence-electron chi connectivity index (χ3n) is 6.53. The van der Waals surface area contributed by atoms with Crippen molar-refractivity contribution < 1.29 is 24.6 Å². The molecule has 5 nitrogen and oxygen atoms in total. The zero-order valence-corrected chi connectivity index (χ0v) is 21.0. The molecule has 0 aliphatic carbocycles. The number of ketones is 1. The third kappa shape index (κ3) is 10.1. The second-order valence-corrected chi connectivity index (χ2v) is 9.40. The number of Topliss-reactive ketones (excluding diaryl/α,β-unsaturated/α-hetero) is 1. The molecule has 0 fully saturated rings. The lowest BCUT2D eigenvalue weighted by atomic mass is 9.84. The van der Waals surface area contributed by atoms with E-state index < -0.39 is 17.9 Å². The van der Waals surface area contributed by atoms with E-state index in [0.29, 0.717) is 17.5 Å². The first-order valence-electron chi connectivity index (χ1n) is 13.1. The number of aromatic carboxylic acids is 2. The summed E-state index contributed by atoms with van der Waals surface area (Å²) in [7, 11) is 0. The standard InChI is InChI=1S/C30H40O5/c1-2-3-4-5-6-7-8-9-10-11-12-13-20-27(31)28(23-16-14-18-25(21-23)29(32)33)24-17-15-19-26(22-24)30(34)35/h14-19,21-22,28H,2-13,20H2,1H3,(H,32,33)(H,34,35). The number of carbonyl (C=O) groups is 3. The average Bonchev–Trinajstić information content (AvgIpc) is 2.85. The van der Waals surface area contributed by atoms with Crippen molar-refractivity contribution in [2.75, 3.05) is 0 Å². The molecule has 0 saturated heterocycles. The molecule has 0 unspecified atom stereocenters. The Morgan fingerprint density at radius 3 is 1.43 bits per heavy atom. The maximum Gasteiger partial charge on any atom is 0.335 e. The minimum atomic E-state index is -1.06. The van der Waals surface area contributed by atoms with Crippen molar-refractivity contribution in [2.45, 2.75) is 96.3 Å². The van der Waals surface area contributed by atoms with Gasteiger partial charge in [-0.05, 0) is 41.8 Å². The van der Waals surface area contributed by atoms with Crippen LogP contribution < -0.4 is 0 Å². The molecule has 0 aliphatic rings. The molecular weight excluding hydrogens is 440 g/mol. The van der Waals surface area contributed by atoms with Gasteiger partial charge in [0.1, 0.15) is 5.78 Å². The van der Waals surface area contributed by atoms with Gasteiger partial charge >= 0.3 is 11.9 Å². The topological polar surface area (TPSA) is 91.7 Å². The van der Waals surface area contributed by atoms with Crippen LogP contribution in [0.4, 0.5) is 0 Å². The van der Waals surface area contributed by atoms with Crippen LogP contribution in [0.1, 0.15) is 128 Å². The molecule has 0 atom stereocenters. The van der Waals surface area contributed by atoms with Gasteiger partial charge in [-0.25, -0.2) is 9.59 Å². The number of hydrogen-bond acceptors (Lipinski definition) is 3. The van der Waals surface area contributed by atoms with E-state index in [9.17, 15) is 24.6 Å². The van der Waals surface area contributed by atoms with Gasteiger partial charge < -0.3 is 10.2 Å². The molecular formula is C30H40O5. The van der Waals surface area contributed by atoms with Crippen LogP contribution >= 0.6 is 0 Å². The van der Waals surface area contributed by atoms with Gasteiger partial charge in [-0.15, -0.1) is 0 Å². The lowest BCUT2D eigenvalue weighted by Crippen LogP contribution is -2.15. The predicted octanol–water partition coefficient (Wildman–Crippen LogP) is 7.88. The van der Waals surface area contributed by atoms with Crippen LogP contribution in [0, 0.1) is 0 Å². The summed E-state index contributed by atoms with van der Waals surface area (Å²) in [5.74, 6) is -2.81. The van der Waals surface area contributed by atoms with Crippen LogP contribution in [0.5, 0.6) is 0 Å². The van der Waals surface area contributed by atoms with Crippen LogP contribution in [0.3, 0.4) is 0 Å². The van der Waals surface area contributed by atoms with Crippen LogP contribution in [0.2, 0.25) is 0 Å². The van der Waals surface area contributed by atoms with E-state index in [1.807, 2.05) is 0 Å². The van der Waals surface area contributed by atoms with Crippen molar-refractivity contribution in [1.82, 2.24) is 0 Å². The number of carbonyl (C=O) groups excluding carboxylic acids is 1. The SMILES string of the molecule is CCCCCCCCCCCCCCC(=O)C(c1cccc(C(=O)O)c1)c1cccc(C(=O)O)c1. The minimum Gasteiger partial charge on any atom is -0.478 e. The third-order valence-corrected chi connectivity index (χ3v) is 6.53. The van der Waals surface area contributed by atoms with Crippen molar-refractivity contribution in [2.24, 2.45) is 0 Å². The van der Waals surface area contributed by atoms with Crippen LogP contribution in [-0.2, 0) is 4.79 Å². The van der Waals surface area contributed by atoms with Gasteiger partial charge in [-0.1, -0.05) is 102 Å². The molecule has 0 aromatic heterocycles. The first kappa shape index (κ1) is 28.3. The van der Waals surface area contributed by atoms with Crippen molar-refractivity contribution >= 4 is 17.7 Å². The molecule has 0 spiro atoms. The summed E-state index contributed by atoms with van der Waals surface area (Å²) in [5.41, 5.74) is 1.38. The quantitative estimate of drug-likeness (QED) is 0.212. The van der Waals surface area contributed by atoms with E-state index in [1.54, 1.807) is 24.3 Å². The number of carboxylic acid groups (broad SMARTS) is 2. The monoisotopic (exact) mass is 480 g/mol. The summed E-state index contributed by atoms with van der Waals surface area (Å²) in [6.45, 7) is 2.24. The number of carboxylic acids is 2. The highest BCUT2D eigenvalue weighted by Crippen LogP contribution is 2.29. The molecule has 35 heavy (non-hydrogen) atoms. The lowest BCUT2D eigenvalue weighted by molar-refractivity contribution is -0.119. The molecule has 0 saturated carbocycles. The van der Waals surface area contributed by atoms with Crippen LogP contribution in [0.25, 0.3) is 0 Å². The molecule has 2 N–H and O–H groups in total. The zero-order chi connectivity index (χ0) is 25.5. The summed E-state index contributed by atoms with van der Waals surface area (Å²) < 4.78 is 0. The average molecular weight is 481 g/mol. The van der Waals surface area contributed by atoms with E-state index in [1.165, 1.54) is 82.1 Å². The largest absolute Gasteiger partial charge is 0.478 e. The minimum absolute atomic E-state index is 0.0119.